The number of carbonyl (C=O) groups excluding carboxylic acids is 1. The molecule has 1 aliphatic rings. The largest absolute Gasteiger partial charge is 0.479 e. The highest BCUT2D eigenvalue weighted by Gasteiger charge is 2.34. The summed E-state index contributed by atoms with van der Waals surface area (Å²) in [4.78, 5) is 22.7. The summed E-state index contributed by atoms with van der Waals surface area (Å²) in [5.74, 6) is -1.36. The van der Waals surface area contributed by atoms with E-state index in [1.165, 1.54) is 0 Å². The summed E-state index contributed by atoms with van der Waals surface area (Å²) in [6.07, 6.45) is -0.842. The van der Waals surface area contributed by atoms with E-state index in [0.29, 0.717) is 23.6 Å². The van der Waals surface area contributed by atoms with Gasteiger partial charge < -0.3 is 15.2 Å². The van der Waals surface area contributed by atoms with E-state index in [1.807, 2.05) is 0 Å². The number of aliphatic carboxylic acids is 1. The van der Waals surface area contributed by atoms with Crippen LogP contribution in [0.1, 0.15) is 12.8 Å². The lowest BCUT2D eigenvalue weighted by atomic mass is 10.2. The van der Waals surface area contributed by atoms with Crippen LogP contribution in [0, 0.1) is 3.57 Å². The molecule has 2 unspecified atom stereocenters. The molecular formula is C12H11ClINO4. The smallest absolute Gasteiger partial charge is 0.332 e. The van der Waals surface area contributed by atoms with Crippen LogP contribution in [-0.4, -0.2) is 29.2 Å². The fourth-order valence-corrected chi connectivity index (χ4v) is 2.82. The van der Waals surface area contributed by atoms with E-state index in [9.17, 15) is 9.59 Å². The SMILES string of the molecule is O=C(O)C1CCC(C(=O)Nc2ccc(Cl)cc2I)O1. The van der Waals surface area contributed by atoms with Crippen LogP contribution in [0.3, 0.4) is 0 Å². The Morgan fingerprint density at radius 1 is 1.37 bits per heavy atom. The molecule has 102 valence electrons. The minimum Gasteiger partial charge on any atom is -0.479 e. The van der Waals surface area contributed by atoms with Gasteiger partial charge in [0.15, 0.2) is 6.10 Å². The van der Waals surface area contributed by atoms with Crippen molar-refractivity contribution >= 4 is 51.8 Å². The van der Waals surface area contributed by atoms with Crippen LogP contribution in [0.5, 0.6) is 0 Å². The van der Waals surface area contributed by atoms with Crippen LogP contribution in [-0.2, 0) is 14.3 Å². The van der Waals surface area contributed by atoms with Crippen LogP contribution in [0.2, 0.25) is 5.02 Å². The van der Waals surface area contributed by atoms with Gasteiger partial charge in [0, 0.05) is 8.59 Å². The number of carbonyl (C=O) groups is 2. The predicted molar refractivity (Wildman–Crippen MR) is 78.3 cm³/mol. The highest BCUT2D eigenvalue weighted by Crippen LogP contribution is 2.25. The third-order valence-corrected chi connectivity index (χ3v) is 3.90. The number of carboxylic acids is 1. The van der Waals surface area contributed by atoms with Crippen molar-refractivity contribution in [3.05, 3.63) is 26.8 Å². The Balaban J connectivity index is 2.00. The van der Waals surface area contributed by atoms with Gasteiger partial charge in [-0.2, -0.15) is 0 Å². The molecule has 2 rings (SSSR count). The van der Waals surface area contributed by atoms with Crippen molar-refractivity contribution in [1.82, 2.24) is 0 Å². The number of hydrogen-bond acceptors (Lipinski definition) is 3. The first-order valence-corrected chi connectivity index (χ1v) is 7.07. The molecule has 0 bridgehead atoms. The van der Waals surface area contributed by atoms with E-state index in [4.69, 9.17) is 21.4 Å². The standard InChI is InChI=1S/C12H11ClINO4/c13-6-1-2-8(7(14)5-6)15-11(16)9-3-4-10(19-9)12(17)18/h1-2,5,9-10H,3-4H2,(H,15,16)(H,17,18). The van der Waals surface area contributed by atoms with Gasteiger partial charge in [0.1, 0.15) is 6.10 Å². The van der Waals surface area contributed by atoms with Gasteiger partial charge in [-0.15, -0.1) is 0 Å². The maximum absolute atomic E-state index is 12.0. The number of carboxylic acid groups (broad SMARTS) is 1. The van der Waals surface area contributed by atoms with Gasteiger partial charge >= 0.3 is 5.97 Å². The number of halogens is 2. The van der Waals surface area contributed by atoms with Gasteiger partial charge in [-0.05, 0) is 53.6 Å². The molecule has 0 aromatic heterocycles. The first kappa shape index (κ1) is 14.5. The zero-order valence-corrected chi connectivity index (χ0v) is 12.6. The minimum absolute atomic E-state index is 0.330. The van der Waals surface area contributed by atoms with Gasteiger partial charge in [0.2, 0.25) is 0 Å². The molecule has 1 aromatic carbocycles. The van der Waals surface area contributed by atoms with Gasteiger partial charge in [-0.25, -0.2) is 4.79 Å². The van der Waals surface area contributed by atoms with E-state index in [2.05, 4.69) is 27.9 Å². The third-order valence-electron chi connectivity index (χ3n) is 2.78. The van der Waals surface area contributed by atoms with Crippen molar-refractivity contribution in [2.45, 2.75) is 25.0 Å². The van der Waals surface area contributed by atoms with E-state index in [1.54, 1.807) is 18.2 Å². The third kappa shape index (κ3) is 3.58. The first-order chi connectivity index (χ1) is 8.97. The van der Waals surface area contributed by atoms with Gasteiger partial charge in [-0.1, -0.05) is 11.6 Å². The molecule has 1 heterocycles. The predicted octanol–water partition coefficient (Wildman–Crippen LogP) is 2.52. The number of amides is 1. The Morgan fingerprint density at radius 2 is 2.05 bits per heavy atom. The van der Waals surface area contributed by atoms with Gasteiger partial charge in [0.05, 0.1) is 5.69 Å². The lowest BCUT2D eigenvalue weighted by Gasteiger charge is -2.13. The fraction of sp³-hybridized carbons (Fsp3) is 0.333. The Hall–Kier alpha value is -0.860. The lowest BCUT2D eigenvalue weighted by molar-refractivity contribution is -0.150. The molecular weight excluding hydrogens is 384 g/mol. The summed E-state index contributed by atoms with van der Waals surface area (Å²) >= 11 is 7.89. The van der Waals surface area contributed by atoms with Gasteiger partial charge in [-0.3, -0.25) is 4.79 Å². The summed E-state index contributed by atoms with van der Waals surface area (Å²) < 4.78 is 5.99. The van der Waals surface area contributed by atoms with Crippen LogP contribution in [0.4, 0.5) is 5.69 Å². The van der Waals surface area contributed by atoms with E-state index in [-0.39, 0.29) is 5.91 Å². The molecule has 1 amide bonds. The van der Waals surface area contributed by atoms with Crippen LogP contribution in [0.15, 0.2) is 18.2 Å². The van der Waals surface area contributed by atoms with Crippen LogP contribution in [0.25, 0.3) is 0 Å². The van der Waals surface area contributed by atoms with Crippen molar-refractivity contribution in [2.24, 2.45) is 0 Å². The molecule has 1 aliphatic heterocycles. The Morgan fingerprint density at radius 3 is 2.63 bits per heavy atom. The molecule has 0 spiro atoms. The van der Waals surface area contributed by atoms with Crippen molar-refractivity contribution in [1.29, 1.82) is 0 Å². The monoisotopic (exact) mass is 395 g/mol. The van der Waals surface area contributed by atoms with Crippen molar-refractivity contribution in [3.8, 4) is 0 Å². The van der Waals surface area contributed by atoms with Crippen LogP contribution < -0.4 is 5.32 Å². The summed E-state index contributed by atoms with van der Waals surface area (Å²) in [5.41, 5.74) is 0.636. The maximum atomic E-state index is 12.0. The summed E-state index contributed by atoms with van der Waals surface area (Å²) in [6.45, 7) is 0. The molecule has 1 aromatic rings. The average molecular weight is 396 g/mol. The number of anilines is 1. The Labute approximate surface area is 128 Å². The molecule has 19 heavy (non-hydrogen) atoms. The summed E-state index contributed by atoms with van der Waals surface area (Å²) in [7, 11) is 0. The second-order valence-electron chi connectivity index (χ2n) is 4.14. The van der Waals surface area contributed by atoms with Gasteiger partial charge in [0.25, 0.3) is 5.91 Å². The molecule has 2 atom stereocenters. The molecule has 5 nitrogen and oxygen atoms in total. The highest BCUT2D eigenvalue weighted by atomic mass is 127. The second-order valence-corrected chi connectivity index (χ2v) is 5.74. The average Bonchev–Trinajstić information content (AvgIpc) is 2.82. The summed E-state index contributed by atoms with van der Waals surface area (Å²) in [6, 6.07) is 5.10. The van der Waals surface area contributed by atoms with Crippen molar-refractivity contribution in [2.75, 3.05) is 5.32 Å². The topological polar surface area (TPSA) is 75.6 Å². The molecule has 1 saturated heterocycles. The van der Waals surface area contributed by atoms with Crippen LogP contribution >= 0.6 is 34.2 Å². The molecule has 0 radical (unpaired) electrons. The summed E-state index contributed by atoms with van der Waals surface area (Å²) in [5, 5.41) is 12.1. The molecule has 0 aliphatic carbocycles. The van der Waals surface area contributed by atoms with Crippen molar-refractivity contribution < 1.29 is 19.4 Å². The molecule has 7 heteroatoms. The zero-order valence-electron chi connectivity index (χ0n) is 9.73. The number of ether oxygens (including phenoxy) is 1. The maximum Gasteiger partial charge on any atom is 0.332 e. The lowest BCUT2D eigenvalue weighted by Crippen LogP contribution is -2.30. The number of nitrogens with one attached hydrogen (secondary N) is 1. The van der Waals surface area contributed by atoms with E-state index in [0.717, 1.165) is 3.57 Å². The molecule has 1 fully saturated rings. The number of rotatable bonds is 3. The highest BCUT2D eigenvalue weighted by molar-refractivity contribution is 14.1. The molecule has 0 saturated carbocycles. The van der Waals surface area contributed by atoms with Crippen molar-refractivity contribution in [3.63, 3.8) is 0 Å². The number of hydrogen-bond donors (Lipinski definition) is 2. The van der Waals surface area contributed by atoms with E-state index < -0.39 is 18.2 Å². The zero-order chi connectivity index (χ0) is 14.0. The Bertz CT molecular complexity index is 522. The van der Waals surface area contributed by atoms with E-state index >= 15 is 0 Å². The normalized spacial score (nSPS) is 22.2. The fourth-order valence-electron chi connectivity index (χ4n) is 1.82. The minimum atomic E-state index is -1.03. The second kappa shape index (κ2) is 6.06. The number of benzene rings is 1. The first-order valence-electron chi connectivity index (χ1n) is 5.61. The molecule has 2 N–H and O–H groups in total. The quantitative estimate of drug-likeness (QED) is 0.771. The Kier molecular flexibility index (Phi) is 4.64.